The van der Waals surface area contributed by atoms with Crippen molar-refractivity contribution in [3.8, 4) is 0 Å². The maximum atomic E-state index is 14.1. The van der Waals surface area contributed by atoms with Crippen LogP contribution in [0.2, 0.25) is 0 Å². The number of anilines is 1. The number of carbonyl (C=O) groups is 1. The minimum absolute atomic E-state index is 0.0429. The van der Waals surface area contributed by atoms with E-state index in [9.17, 15) is 13.6 Å². The summed E-state index contributed by atoms with van der Waals surface area (Å²) in [5, 5.41) is 11.4. The van der Waals surface area contributed by atoms with E-state index in [4.69, 9.17) is 11.6 Å². The zero-order chi connectivity index (χ0) is 25.9. The van der Waals surface area contributed by atoms with Crippen molar-refractivity contribution >= 4 is 23.2 Å². The maximum Gasteiger partial charge on any atom is 0.251 e. The first-order chi connectivity index (χ1) is 17.7. The van der Waals surface area contributed by atoms with E-state index in [1.165, 1.54) is 0 Å². The molecule has 2 aromatic carbocycles. The molecule has 194 valence electrons. The van der Waals surface area contributed by atoms with Crippen molar-refractivity contribution in [2.75, 3.05) is 4.90 Å². The Kier molecular flexibility index (Phi) is 5.78. The summed E-state index contributed by atoms with van der Waals surface area (Å²) in [5.74, 6) is 0.0486. The van der Waals surface area contributed by atoms with Gasteiger partial charge in [-0.3, -0.25) is 4.79 Å². The molecule has 1 N–H and O–H groups in total. The molecule has 0 radical (unpaired) electrons. The molecule has 3 aromatic rings. The van der Waals surface area contributed by atoms with Gasteiger partial charge >= 0.3 is 0 Å². The monoisotopic (exact) mass is 525 g/mol. The lowest BCUT2D eigenvalue weighted by Crippen LogP contribution is -2.60. The molecule has 0 bridgehead atoms. The van der Waals surface area contributed by atoms with Crippen LogP contribution in [0.25, 0.3) is 0 Å². The van der Waals surface area contributed by atoms with Gasteiger partial charge in [0.1, 0.15) is 12.2 Å². The summed E-state index contributed by atoms with van der Waals surface area (Å²) in [6.45, 7) is 2.90. The number of halogens is 3. The molecule has 2 atom stereocenters. The number of nitrogens with zero attached hydrogens (tertiary/aromatic N) is 4. The van der Waals surface area contributed by atoms with Gasteiger partial charge in [0.15, 0.2) is 0 Å². The highest BCUT2D eigenvalue weighted by Gasteiger charge is 2.53. The van der Waals surface area contributed by atoms with Gasteiger partial charge in [0.05, 0.1) is 5.41 Å². The normalized spacial score (nSPS) is 28.4. The van der Waals surface area contributed by atoms with E-state index in [1.54, 1.807) is 6.33 Å². The lowest BCUT2D eigenvalue weighted by Gasteiger charge is -2.55. The number of hydrogen-bond donors (Lipinski definition) is 1. The van der Waals surface area contributed by atoms with Gasteiger partial charge in [-0.15, -0.1) is 21.8 Å². The number of nitrogens with one attached hydrogen (secondary N) is 1. The third-order valence-corrected chi connectivity index (χ3v) is 9.18. The Morgan fingerprint density at radius 3 is 2.70 bits per heavy atom. The molecule has 1 amide bonds. The molecular weight excluding hydrogens is 496 g/mol. The molecule has 3 aliphatic rings. The van der Waals surface area contributed by atoms with Crippen molar-refractivity contribution in [3.63, 3.8) is 0 Å². The molecule has 6 rings (SSSR count). The molecule has 37 heavy (non-hydrogen) atoms. The second-order valence-corrected chi connectivity index (χ2v) is 11.6. The Balaban J connectivity index is 1.41. The largest absolute Gasteiger partial charge is 0.361 e. The van der Waals surface area contributed by atoms with Gasteiger partial charge in [-0.05, 0) is 67.5 Å². The van der Waals surface area contributed by atoms with Gasteiger partial charge in [0.2, 0.25) is 6.43 Å². The minimum atomic E-state index is -2.40. The first-order valence-corrected chi connectivity index (χ1v) is 13.2. The second-order valence-electron chi connectivity index (χ2n) is 11.0. The molecule has 9 heteroatoms. The number of alkyl halides is 3. The van der Waals surface area contributed by atoms with Gasteiger partial charge in [-0.25, -0.2) is 8.78 Å². The molecule has 2 fully saturated rings. The summed E-state index contributed by atoms with van der Waals surface area (Å²) < 4.78 is 30.2. The summed E-state index contributed by atoms with van der Waals surface area (Å²) in [5.41, 5.74) is 3.43. The molecule has 6 nitrogen and oxygen atoms in total. The van der Waals surface area contributed by atoms with Crippen LogP contribution in [-0.2, 0) is 25.6 Å². The van der Waals surface area contributed by atoms with Gasteiger partial charge in [-0.1, -0.05) is 24.3 Å². The van der Waals surface area contributed by atoms with E-state index >= 15 is 0 Å². The van der Waals surface area contributed by atoms with E-state index in [-0.39, 0.29) is 16.7 Å². The average molecular weight is 526 g/mol. The highest BCUT2D eigenvalue weighted by Crippen LogP contribution is 2.53. The molecule has 2 aliphatic carbocycles. The number of aryl methyl sites for hydroxylation is 1. The number of benzene rings is 2. The Hall–Kier alpha value is -3.00. The standard InChI is InChI=1S/C28H30ClF2N5O/c1-27(9-8-23(27)24(30)31)36(15-17-6-7-18-14-32-25(37)22(18)10-17)21-5-3-4-19(11-21)28(12-20(29)13-28)26-34-33-16-35(26)2/h3-7,10-11,16,20,23-24H,8-9,12-15H2,1-2H3,(H,32,37)/t20?,23-,27+,28?/m0/s1. The van der Waals surface area contributed by atoms with E-state index in [0.717, 1.165) is 41.0 Å². The van der Waals surface area contributed by atoms with Gasteiger partial charge in [-0.2, -0.15) is 0 Å². The van der Waals surface area contributed by atoms with Crippen molar-refractivity contribution in [1.29, 1.82) is 0 Å². The Labute approximate surface area is 220 Å². The summed E-state index contributed by atoms with van der Waals surface area (Å²) in [7, 11) is 1.93. The molecule has 0 spiro atoms. The summed E-state index contributed by atoms with van der Waals surface area (Å²) >= 11 is 6.49. The van der Waals surface area contributed by atoms with Crippen LogP contribution in [0, 0.1) is 5.92 Å². The van der Waals surface area contributed by atoms with Gasteiger partial charge in [0, 0.05) is 48.2 Å². The summed E-state index contributed by atoms with van der Waals surface area (Å²) in [4.78, 5) is 14.4. The van der Waals surface area contributed by atoms with Crippen molar-refractivity contribution in [1.82, 2.24) is 20.1 Å². The Morgan fingerprint density at radius 1 is 1.24 bits per heavy atom. The van der Waals surface area contributed by atoms with Crippen LogP contribution < -0.4 is 10.2 Å². The number of fused-ring (bicyclic) bond motifs is 1. The Morgan fingerprint density at radius 2 is 2.05 bits per heavy atom. The molecule has 1 aromatic heterocycles. The van der Waals surface area contributed by atoms with E-state index < -0.39 is 17.9 Å². The molecule has 1 aliphatic heterocycles. The SMILES string of the molecule is Cn1cnnc1C1(c2cccc(N(Cc3ccc4c(c3)C(=O)NC4)[C@]3(C)CC[C@H]3C(F)F)c2)CC(Cl)C1. The highest BCUT2D eigenvalue weighted by molar-refractivity contribution is 6.21. The third kappa shape index (κ3) is 3.83. The van der Waals surface area contributed by atoms with Crippen molar-refractivity contribution < 1.29 is 13.6 Å². The van der Waals surface area contributed by atoms with Crippen LogP contribution >= 0.6 is 11.6 Å². The molecule has 0 unspecified atom stereocenters. The van der Waals surface area contributed by atoms with Crippen LogP contribution in [0.3, 0.4) is 0 Å². The quantitative estimate of drug-likeness (QED) is 0.431. The van der Waals surface area contributed by atoms with Crippen LogP contribution in [0.1, 0.15) is 65.5 Å². The zero-order valence-electron chi connectivity index (χ0n) is 20.9. The first-order valence-electron chi connectivity index (χ1n) is 12.8. The van der Waals surface area contributed by atoms with Crippen molar-refractivity contribution in [3.05, 3.63) is 76.9 Å². The van der Waals surface area contributed by atoms with E-state index in [0.29, 0.717) is 31.5 Å². The fraction of sp³-hybridized carbons (Fsp3) is 0.464. The summed E-state index contributed by atoms with van der Waals surface area (Å²) in [6, 6.07) is 14.0. The fourth-order valence-electron chi connectivity index (χ4n) is 6.50. The topological polar surface area (TPSA) is 63.1 Å². The average Bonchev–Trinajstić information content (AvgIpc) is 3.44. The highest BCUT2D eigenvalue weighted by atomic mass is 35.5. The lowest BCUT2D eigenvalue weighted by molar-refractivity contribution is -0.0255. The number of hydrogen-bond acceptors (Lipinski definition) is 4. The van der Waals surface area contributed by atoms with E-state index in [2.05, 4.69) is 32.5 Å². The Bertz CT molecular complexity index is 1350. The van der Waals surface area contributed by atoms with Crippen LogP contribution in [0.15, 0.2) is 48.8 Å². The molecule has 2 saturated carbocycles. The first kappa shape index (κ1) is 24.3. The van der Waals surface area contributed by atoms with Crippen molar-refractivity contribution in [2.24, 2.45) is 13.0 Å². The molecule has 0 saturated heterocycles. The van der Waals surface area contributed by atoms with Crippen LogP contribution in [0.4, 0.5) is 14.5 Å². The second kappa shape index (κ2) is 8.79. The summed E-state index contributed by atoms with van der Waals surface area (Å²) in [6.07, 6.45) is 1.94. The van der Waals surface area contributed by atoms with Crippen LogP contribution in [-0.4, -0.2) is 38.0 Å². The lowest BCUT2D eigenvalue weighted by atomic mass is 9.63. The predicted octanol–water partition coefficient (Wildman–Crippen LogP) is 5.19. The van der Waals surface area contributed by atoms with E-state index in [1.807, 2.05) is 48.9 Å². The smallest absolute Gasteiger partial charge is 0.251 e. The number of aromatic nitrogens is 3. The number of rotatable bonds is 7. The van der Waals surface area contributed by atoms with Gasteiger partial charge < -0.3 is 14.8 Å². The van der Waals surface area contributed by atoms with Crippen LogP contribution in [0.5, 0.6) is 0 Å². The maximum absolute atomic E-state index is 14.1. The number of amides is 1. The van der Waals surface area contributed by atoms with Crippen molar-refractivity contribution in [2.45, 2.75) is 68.5 Å². The fourth-order valence-corrected chi connectivity index (χ4v) is 7.03. The minimum Gasteiger partial charge on any atom is -0.361 e. The number of carbonyl (C=O) groups excluding carboxylic acids is 1. The third-order valence-electron chi connectivity index (χ3n) is 8.87. The predicted molar refractivity (Wildman–Crippen MR) is 138 cm³/mol. The molecular formula is C28H30ClF2N5O. The molecule has 2 heterocycles. The van der Waals surface area contributed by atoms with Gasteiger partial charge in [0.25, 0.3) is 5.91 Å². The zero-order valence-corrected chi connectivity index (χ0v) is 21.7.